The van der Waals surface area contributed by atoms with E-state index in [1.54, 1.807) is 13.1 Å². The van der Waals surface area contributed by atoms with Crippen LogP contribution in [0, 0.1) is 0 Å². The summed E-state index contributed by atoms with van der Waals surface area (Å²) in [5.74, 6) is 0.237. The zero-order valence-corrected chi connectivity index (χ0v) is 19.8. The monoisotopic (exact) mass is 468 g/mol. The molecule has 0 aromatic heterocycles. The summed E-state index contributed by atoms with van der Waals surface area (Å²) < 4.78 is 39.1. The van der Waals surface area contributed by atoms with Crippen molar-refractivity contribution in [3.63, 3.8) is 0 Å². The summed E-state index contributed by atoms with van der Waals surface area (Å²) in [5.41, 5.74) is 1.72. The van der Waals surface area contributed by atoms with Crippen LogP contribution in [0.3, 0.4) is 0 Å². The Labute approximate surface area is 195 Å². The average molecular weight is 469 g/mol. The first kappa shape index (κ1) is 24.3. The van der Waals surface area contributed by atoms with E-state index in [1.807, 2.05) is 60.7 Å². The van der Waals surface area contributed by atoms with E-state index in [0.717, 1.165) is 11.1 Å². The van der Waals surface area contributed by atoms with Crippen molar-refractivity contribution in [3.8, 4) is 11.5 Å². The molecule has 0 spiro atoms. The number of hydrogen-bond donors (Lipinski definition) is 0. The van der Waals surface area contributed by atoms with Crippen LogP contribution in [-0.2, 0) is 27.9 Å². The minimum atomic E-state index is -4.10. The molecular formula is C25H28N2O5S. The average Bonchev–Trinajstić information content (AvgIpc) is 2.84. The van der Waals surface area contributed by atoms with E-state index in [1.165, 1.54) is 35.6 Å². The minimum Gasteiger partial charge on any atom is -0.497 e. The maximum atomic E-state index is 13.7. The second kappa shape index (κ2) is 11.0. The molecule has 0 bridgehead atoms. The van der Waals surface area contributed by atoms with Crippen molar-refractivity contribution in [2.45, 2.75) is 18.0 Å². The summed E-state index contributed by atoms with van der Waals surface area (Å²) in [7, 11) is 0.431. The van der Waals surface area contributed by atoms with E-state index in [4.69, 9.17) is 9.47 Å². The maximum Gasteiger partial charge on any atom is 0.247 e. The molecule has 7 nitrogen and oxygen atoms in total. The third kappa shape index (κ3) is 6.12. The van der Waals surface area contributed by atoms with E-state index in [9.17, 15) is 13.2 Å². The van der Waals surface area contributed by atoms with Crippen LogP contribution < -0.4 is 9.47 Å². The van der Waals surface area contributed by atoms with Gasteiger partial charge in [-0.2, -0.15) is 4.31 Å². The molecule has 0 saturated heterocycles. The van der Waals surface area contributed by atoms with Crippen molar-refractivity contribution < 1.29 is 22.7 Å². The zero-order chi connectivity index (χ0) is 23.8. The van der Waals surface area contributed by atoms with E-state index < -0.39 is 10.0 Å². The molecule has 174 valence electrons. The summed E-state index contributed by atoms with van der Waals surface area (Å²) in [5, 5.41) is 0. The number of ether oxygens (including phenoxy) is 2. The lowest BCUT2D eigenvalue weighted by molar-refractivity contribution is -0.130. The van der Waals surface area contributed by atoms with Crippen molar-refractivity contribution >= 4 is 15.9 Å². The smallest absolute Gasteiger partial charge is 0.247 e. The van der Waals surface area contributed by atoms with Gasteiger partial charge in [-0.05, 0) is 23.3 Å². The van der Waals surface area contributed by atoms with Crippen LogP contribution in [0.5, 0.6) is 11.5 Å². The zero-order valence-electron chi connectivity index (χ0n) is 19.0. The van der Waals surface area contributed by atoms with E-state index in [-0.39, 0.29) is 29.6 Å². The van der Waals surface area contributed by atoms with Crippen molar-refractivity contribution in [2.75, 3.05) is 27.8 Å². The first-order chi connectivity index (χ1) is 15.8. The van der Waals surface area contributed by atoms with E-state index in [0.29, 0.717) is 12.3 Å². The molecule has 0 atom stereocenters. The fourth-order valence-electron chi connectivity index (χ4n) is 3.35. The Morgan fingerprint density at radius 2 is 1.39 bits per heavy atom. The third-order valence-electron chi connectivity index (χ3n) is 5.19. The van der Waals surface area contributed by atoms with Crippen LogP contribution in [0.2, 0.25) is 0 Å². The molecule has 0 aliphatic heterocycles. The summed E-state index contributed by atoms with van der Waals surface area (Å²) in [6.45, 7) is 0.0940. The Kier molecular flexibility index (Phi) is 8.08. The molecule has 3 rings (SSSR count). The highest BCUT2D eigenvalue weighted by Gasteiger charge is 2.31. The highest BCUT2D eigenvalue weighted by molar-refractivity contribution is 7.89. The molecule has 0 radical (unpaired) electrons. The normalized spacial score (nSPS) is 11.3. The molecule has 0 N–H and O–H groups in total. The van der Waals surface area contributed by atoms with Crippen LogP contribution in [-0.4, -0.2) is 51.3 Å². The van der Waals surface area contributed by atoms with Crippen molar-refractivity contribution in [1.29, 1.82) is 0 Å². The molecule has 0 aliphatic rings. The van der Waals surface area contributed by atoms with Gasteiger partial charge in [-0.3, -0.25) is 4.79 Å². The number of hydrogen-bond acceptors (Lipinski definition) is 5. The number of sulfonamides is 1. The van der Waals surface area contributed by atoms with Gasteiger partial charge >= 0.3 is 0 Å². The van der Waals surface area contributed by atoms with Gasteiger partial charge in [-0.15, -0.1) is 0 Å². The predicted molar refractivity (Wildman–Crippen MR) is 126 cm³/mol. The van der Waals surface area contributed by atoms with Crippen molar-refractivity contribution in [1.82, 2.24) is 9.21 Å². The Hall–Kier alpha value is -3.36. The molecule has 0 aliphatic carbocycles. The molecule has 0 fully saturated rings. The lowest BCUT2D eigenvalue weighted by Crippen LogP contribution is -2.41. The summed E-state index contributed by atoms with van der Waals surface area (Å²) in [6.07, 6.45) is 0. The van der Waals surface area contributed by atoms with Crippen LogP contribution in [0.15, 0.2) is 83.8 Å². The molecule has 3 aromatic rings. The second-order valence-corrected chi connectivity index (χ2v) is 9.42. The number of nitrogens with zero attached hydrogens (tertiary/aromatic N) is 2. The molecule has 0 heterocycles. The molecule has 33 heavy (non-hydrogen) atoms. The molecule has 3 aromatic carbocycles. The SMILES string of the molecule is COc1ccc(OC)c(S(=O)(=O)N(CC(=O)N(C)Cc2ccccc2)Cc2ccccc2)c1. The third-order valence-corrected chi connectivity index (χ3v) is 7.00. The molecule has 0 unspecified atom stereocenters. The lowest BCUT2D eigenvalue weighted by Gasteiger charge is -2.26. The van der Waals surface area contributed by atoms with Gasteiger partial charge in [0.05, 0.1) is 20.8 Å². The predicted octanol–water partition coefficient (Wildman–Crippen LogP) is 3.55. The van der Waals surface area contributed by atoms with E-state index >= 15 is 0 Å². The van der Waals surface area contributed by atoms with Gasteiger partial charge in [0.2, 0.25) is 15.9 Å². The van der Waals surface area contributed by atoms with Crippen LogP contribution in [0.25, 0.3) is 0 Å². The fourth-order valence-corrected chi connectivity index (χ4v) is 4.90. The topological polar surface area (TPSA) is 76.1 Å². The number of benzene rings is 3. The summed E-state index contributed by atoms with van der Waals surface area (Å²) >= 11 is 0. The van der Waals surface area contributed by atoms with Gasteiger partial charge in [0.15, 0.2) is 0 Å². The number of carbonyl (C=O) groups excluding carboxylic acids is 1. The first-order valence-electron chi connectivity index (χ1n) is 10.4. The largest absolute Gasteiger partial charge is 0.497 e. The quantitative estimate of drug-likeness (QED) is 0.455. The number of amides is 1. The van der Waals surface area contributed by atoms with Gasteiger partial charge in [-0.25, -0.2) is 8.42 Å². The highest BCUT2D eigenvalue weighted by atomic mass is 32.2. The Morgan fingerprint density at radius 3 is 1.94 bits per heavy atom. The summed E-state index contributed by atoms with van der Waals surface area (Å²) in [4.78, 5) is 14.5. The van der Waals surface area contributed by atoms with Crippen molar-refractivity contribution in [2.24, 2.45) is 0 Å². The van der Waals surface area contributed by atoms with Gasteiger partial charge in [0, 0.05) is 26.2 Å². The highest BCUT2D eigenvalue weighted by Crippen LogP contribution is 2.31. The fraction of sp³-hybridized carbons (Fsp3) is 0.240. The number of methoxy groups -OCH3 is 2. The van der Waals surface area contributed by atoms with Gasteiger partial charge in [0.1, 0.15) is 16.4 Å². The number of rotatable bonds is 10. The molecule has 1 amide bonds. The van der Waals surface area contributed by atoms with Crippen LogP contribution in [0.4, 0.5) is 0 Å². The lowest BCUT2D eigenvalue weighted by atomic mass is 10.2. The standard InChI is InChI=1S/C25H28N2O5S/c1-26(17-20-10-6-4-7-11-20)25(28)19-27(18-21-12-8-5-9-13-21)33(29,30)24-16-22(31-2)14-15-23(24)32-3/h4-16H,17-19H2,1-3H3. The second-order valence-electron chi connectivity index (χ2n) is 7.51. The molecule has 8 heteroatoms. The number of likely N-dealkylation sites (N-methyl/N-ethyl adjacent to an activating group) is 1. The van der Waals surface area contributed by atoms with Gasteiger partial charge in [0.25, 0.3) is 0 Å². The van der Waals surface area contributed by atoms with Gasteiger partial charge in [-0.1, -0.05) is 60.7 Å². The minimum absolute atomic E-state index is 0.0362. The first-order valence-corrected chi connectivity index (χ1v) is 11.8. The Bertz CT molecular complexity index is 1170. The van der Waals surface area contributed by atoms with Crippen molar-refractivity contribution in [3.05, 3.63) is 90.0 Å². The van der Waals surface area contributed by atoms with Crippen LogP contribution >= 0.6 is 0 Å². The molecule has 0 saturated carbocycles. The Balaban J connectivity index is 1.93. The maximum absolute atomic E-state index is 13.7. The summed E-state index contributed by atoms with van der Waals surface area (Å²) in [6, 6.07) is 23.3. The van der Waals surface area contributed by atoms with Gasteiger partial charge < -0.3 is 14.4 Å². The van der Waals surface area contributed by atoms with E-state index in [2.05, 4.69) is 0 Å². The Morgan fingerprint density at radius 1 is 0.818 bits per heavy atom. The molecular weight excluding hydrogens is 440 g/mol. The number of carbonyl (C=O) groups is 1. The van der Waals surface area contributed by atoms with Crippen LogP contribution in [0.1, 0.15) is 11.1 Å².